The van der Waals surface area contributed by atoms with Crippen molar-refractivity contribution in [2.45, 2.75) is 0 Å². The van der Waals surface area contributed by atoms with Gasteiger partial charge in [0.05, 0.1) is 19.8 Å². The molecule has 0 N–H and O–H groups in total. The lowest BCUT2D eigenvalue weighted by molar-refractivity contribution is -0.641. The summed E-state index contributed by atoms with van der Waals surface area (Å²) in [7, 11) is 2.77. The number of para-hydroxylation sites is 1. The Hall–Kier alpha value is -3.28. The molecule has 1 heterocycles. The summed E-state index contributed by atoms with van der Waals surface area (Å²) < 4.78 is 16.6. The molecule has 0 fully saturated rings. The lowest BCUT2D eigenvalue weighted by atomic mass is 10.2. The van der Waals surface area contributed by atoms with Crippen molar-refractivity contribution in [3.63, 3.8) is 0 Å². The molecule has 0 spiro atoms. The second-order valence-corrected chi connectivity index (χ2v) is 4.93. The second-order valence-electron chi connectivity index (χ2n) is 4.93. The number of carbonyl (C=O) groups excluding carboxylic acids is 1. The van der Waals surface area contributed by atoms with Crippen LogP contribution in [0.15, 0.2) is 59.0 Å². The van der Waals surface area contributed by atoms with E-state index in [1.165, 1.54) is 11.7 Å². The summed E-state index contributed by atoms with van der Waals surface area (Å²) in [6.45, 7) is 0. The lowest BCUT2D eigenvalue weighted by Crippen LogP contribution is -2.35. The van der Waals surface area contributed by atoms with Gasteiger partial charge in [0, 0.05) is 12.1 Å². The van der Waals surface area contributed by atoms with E-state index in [9.17, 15) is 9.90 Å². The van der Waals surface area contributed by atoms with E-state index in [0.717, 1.165) is 0 Å². The standard InChI is InChI=1S/C18H15NO5/c1-22-14-10-8-12(9-11-14)17-19(13-6-4-3-5-7-13)16(20)15(24-17)18(21)23-2/h3-11H,1-2H3. The van der Waals surface area contributed by atoms with Gasteiger partial charge in [-0.1, -0.05) is 18.2 Å². The molecule has 3 rings (SSSR count). The van der Waals surface area contributed by atoms with Crippen LogP contribution in [0.25, 0.3) is 17.1 Å². The third-order valence-electron chi connectivity index (χ3n) is 3.52. The maximum absolute atomic E-state index is 12.6. The summed E-state index contributed by atoms with van der Waals surface area (Å²) in [6.07, 6.45) is 0. The first kappa shape index (κ1) is 15.6. The van der Waals surface area contributed by atoms with Crippen LogP contribution in [-0.2, 0) is 4.74 Å². The fourth-order valence-corrected chi connectivity index (χ4v) is 2.33. The van der Waals surface area contributed by atoms with Crippen molar-refractivity contribution in [2.75, 3.05) is 14.2 Å². The molecule has 24 heavy (non-hydrogen) atoms. The number of hydrogen-bond donors (Lipinski definition) is 0. The second kappa shape index (κ2) is 6.45. The number of nitrogens with zero attached hydrogens (tertiary/aromatic N) is 1. The van der Waals surface area contributed by atoms with E-state index < -0.39 is 11.8 Å². The molecule has 6 nitrogen and oxygen atoms in total. The highest BCUT2D eigenvalue weighted by atomic mass is 16.5. The number of methoxy groups -OCH3 is 2. The molecular weight excluding hydrogens is 310 g/mol. The summed E-state index contributed by atoms with van der Waals surface area (Å²) in [5, 5.41) is 12.6. The zero-order valence-electron chi connectivity index (χ0n) is 13.2. The van der Waals surface area contributed by atoms with E-state index in [0.29, 0.717) is 17.0 Å². The molecule has 0 saturated carbocycles. The van der Waals surface area contributed by atoms with Crippen LogP contribution in [0.1, 0.15) is 10.6 Å². The van der Waals surface area contributed by atoms with Crippen molar-refractivity contribution in [2.24, 2.45) is 0 Å². The molecule has 0 amide bonds. The minimum atomic E-state index is -0.815. The van der Waals surface area contributed by atoms with E-state index in [-0.39, 0.29) is 11.7 Å². The van der Waals surface area contributed by atoms with Crippen molar-refractivity contribution >= 4 is 5.97 Å². The Labute approximate surface area is 138 Å². The molecule has 6 heteroatoms. The van der Waals surface area contributed by atoms with Crippen molar-refractivity contribution in [1.29, 1.82) is 0 Å². The van der Waals surface area contributed by atoms with Crippen LogP contribution >= 0.6 is 0 Å². The van der Waals surface area contributed by atoms with E-state index in [1.807, 2.05) is 6.07 Å². The average Bonchev–Trinajstić information content (AvgIpc) is 2.99. The number of aromatic nitrogens is 1. The Kier molecular flexibility index (Phi) is 4.20. The van der Waals surface area contributed by atoms with E-state index in [1.54, 1.807) is 55.6 Å². The molecule has 122 valence electrons. The van der Waals surface area contributed by atoms with Gasteiger partial charge in [0.2, 0.25) is 11.6 Å². The average molecular weight is 325 g/mol. The molecule has 0 aliphatic carbocycles. The van der Waals surface area contributed by atoms with E-state index in [2.05, 4.69) is 4.74 Å². The first-order chi connectivity index (χ1) is 11.7. The number of ether oxygens (including phenoxy) is 2. The van der Waals surface area contributed by atoms with Crippen molar-refractivity contribution in [3.05, 3.63) is 60.4 Å². The van der Waals surface area contributed by atoms with Gasteiger partial charge in [-0.05, 0) is 24.3 Å². The number of benzene rings is 2. The van der Waals surface area contributed by atoms with E-state index >= 15 is 0 Å². The summed E-state index contributed by atoms with van der Waals surface area (Å²) >= 11 is 0. The first-order valence-corrected chi connectivity index (χ1v) is 7.19. The van der Waals surface area contributed by atoms with Crippen molar-refractivity contribution in [3.8, 4) is 28.8 Å². The summed E-state index contributed by atoms with van der Waals surface area (Å²) in [6, 6.07) is 15.9. The lowest BCUT2D eigenvalue weighted by Gasteiger charge is -2.03. The summed E-state index contributed by atoms with van der Waals surface area (Å²) in [5.74, 6) is -0.836. The maximum Gasteiger partial charge on any atom is 0.386 e. The Morgan fingerprint density at radius 1 is 1.04 bits per heavy atom. The van der Waals surface area contributed by atoms with Gasteiger partial charge in [0.1, 0.15) is 5.75 Å². The van der Waals surface area contributed by atoms with E-state index in [4.69, 9.17) is 9.15 Å². The first-order valence-electron chi connectivity index (χ1n) is 7.19. The zero-order valence-corrected chi connectivity index (χ0v) is 13.2. The van der Waals surface area contributed by atoms with Gasteiger partial charge in [-0.15, -0.1) is 4.57 Å². The fraction of sp³-hybridized carbons (Fsp3) is 0.111. The van der Waals surface area contributed by atoms with Crippen LogP contribution in [0.4, 0.5) is 0 Å². The molecule has 3 aromatic rings. The molecule has 0 unspecified atom stereocenters. The van der Waals surface area contributed by atoms with Crippen LogP contribution in [0.5, 0.6) is 11.6 Å². The molecule has 0 saturated heterocycles. The number of esters is 1. The Morgan fingerprint density at radius 3 is 2.29 bits per heavy atom. The van der Waals surface area contributed by atoms with Gasteiger partial charge in [0.15, 0.2) is 0 Å². The quantitative estimate of drug-likeness (QED) is 0.542. The highest BCUT2D eigenvalue weighted by Gasteiger charge is 2.30. The Bertz CT molecular complexity index is 853. The van der Waals surface area contributed by atoms with Gasteiger partial charge in [-0.3, -0.25) is 0 Å². The maximum atomic E-state index is 12.6. The normalized spacial score (nSPS) is 10.4. The number of hydrogen-bond acceptors (Lipinski definition) is 5. The Morgan fingerprint density at radius 2 is 1.71 bits per heavy atom. The molecular formula is C18H15NO5. The van der Waals surface area contributed by atoms with Crippen LogP contribution in [-0.4, -0.2) is 20.2 Å². The van der Waals surface area contributed by atoms with Crippen LogP contribution < -0.4 is 14.4 Å². The predicted molar refractivity (Wildman–Crippen MR) is 83.0 cm³/mol. The van der Waals surface area contributed by atoms with Gasteiger partial charge in [-0.2, -0.15) is 0 Å². The topological polar surface area (TPSA) is 75.6 Å². The third-order valence-corrected chi connectivity index (χ3v) is 3.52. The number of carbonyl (C=O) groups is 1. The molecule has 0 aliphatic rings. The molecule has 0 atom stereocenters. The molecule has 2 aromatic carbocycles. The number of rotatable bonds is 4. The van der Waals surface area contributed by atoms with Gasteiger partial charge in [-0.25, -0.2) is 4.79 Å². The fourth-order valence-electron chi connectivity index (χ4n) is 2.33. The number of oxazole rings is 1. The van der Waals surface area contributed by atoms with Gasteiger partial charge < -0.3 is 19.0 Å². The van der Waals surface area contributed by atoms with Crippen LogP contribution in [0.2, 0.25) is 0 Å². The third kappa shape index (κ3) is 2.69. The van der Waals surface area contributed by atoms with Gasteiger partial charge in [0.25, 0.3) is 5.76 Å². The van der Waals surface area contributed by atoms with Crippen LogP contribution in [0.3, 0.4) is 0 Å². The molecule has 0 bridgehead atoms. The highest BCUT2D eigenvalue weighted by molar-refractivity contribution is 5.88. The SMILES string of the molecule is COC(=O)c1oc(-c2ccc(OC)cc2)[n+](-c2ccccc2)c1[O-]. The molecule has 1 aromatic heterocycles. The minimum absolute atomic E-state index is 0.245. The Balaban J connectivity index is 2.21. The largest absolute Gasteiger partial charge is 0.820 e. The van der Waals surface area contributed by atoms with Crippen LogP contribution in [0, 0.1) is 0 Å². The zero-order chi connectivity index (χ0) is 17.1. The summed E-state index contributed by atoms with van der Waals surface area (Å²) in [5.41, 5.74) is 1.22. The molecule has 0 radical (unpaired) electrons. The van der Waals surface area contributed by atoms with Crippen molar-refractivity contribution in [1.82, 2.24) is 0 Å². The molecule has 0 aliphatic heterocycles. The monoisotopic (exact) mass is 325 g/mol. The summed E-state index contributed by atoms with van der Waals surface area (Å²) in [4.78, 5) is 11.8. The smallest absolute Gasteiger partial charge is 0.386 e. The van der Waals surface area contributed by atoms with Crippen molar-refractivity contribution < 1.29 is 28.4 Å². The minimum Gasteiger partial charge on any atom is -0.820 e. The predicted octanol–water partition coefficient (Wildman–Crippen LogP) is 2.09. The van der Waals surface area contributed by atoms with Gasteiger partial charge >= 0.3 is 11.9 Å². The highest BCUT2D eigenvalue weighted by Crippen LogP contribution is 2.26.